The van der Waals surface area contributed by atoms with Crippen molar-refractivity contribution in [3.05, 3.63) is 59.5 Å². The highest BCUT2D eigenvalue weighted by Gasteiger charge is 2.18. The predicted octanol–water partition coefficient (Wildman–Crippen LogP) is 2.42. The second kappa shape index (κ2) is 8.34. The Morgan fingerprint density at radius 2 is 2.04 bits per heavy atom. The second-order valence-corrected chi connectivity index (χ2v) is 6.11. The molecule has 3 aromatic rings. The van der Waals surface area contributed by atoms with E-state index in [1.807, 2.05) is 0 Å². The average molecular weight is 380 g/mol. The van der Waals surface area contributed by atoms with E-state index in [0.717, 1.165) is 0 Å². The molecule has 0 saturated heterocycles. The van der Waals surface area contributed by atoms with Gasteiger partial charge >= 0.3 is 5.97 Å². The number of nitrogens with zero attached hydrogens (tertiary/aromatic N) is 2. The highest BCUT2D eigenvalue weighted by Crippen LogP contribution is 2.33. The summed E-state index contributed by atoms with van der Waals surface area (Å²) in [6.07, 6.45) is 2.12. The number of anilines is 1. The minimum Gasteiger partial charge on any atom is -0.493 e. The number of benzene rings is 1. The van der Waals surface area contributed by atoms with Gasteiger partial charge in [0.25, 0.3) is 5.91 Å². The fourth-order valence-electron chi connectivity index (χ4n) is 2.87. The quantitative estimate of drug-likeness (QED) is 0.537. The van der Waals surface area contributed by atoms with Gasteiger partial charge in [-0.05, 0) is 37.6 Å². The number of aryl methyl sites for hydroxylation is 1. The normalized spacial score (nSPS) is 10.6. The Morgan fingerprint density at radius 1 is 1.21 bits per heavy atom. The number of amides is 1. The maximum atomic E-state index is 11.9. The molecule has 0 aliphatic rings. The number of rotatable bonds is 7. The zero-order valence-corrected chi connectivity index (χ0v) is 15.3. The Kier molecular flexibility index (Phi) is 5.69. The summed E-state index contributed by atoms with van der Waals surface area (Å²) >= 11 is 0. The van der Waals surface area contributed by atoms with Gasteiger partial charge in [0, 0.05) is 12.7 Å². The first-order valence-electron chi connectivity index (χ1n) is 8.73. The van der Waals surface area contributed by atoms with Crippen molar-refractivity contribution < 1.29 is 19.4 Å². The van der Waals surface area contributed by atoms with Crippen molar-refractivity contribution in [2.45, 2.75) is 13.3 Å². The number of carbonyl (C=O) groups is 2. The Balaban J connectivity index is 1.65. The van der Waals surface area contributed by atoms with Crippen LogP contribution in [0.2, 0.25) is 0 Å². The van der Waals surface area contributed by atoms with E-state index >= 15 is 0 Å². The minimum absolute atomic E-state index is 0.0221. The number of aromatic carboxylic acids is 1. The number of nitrogens with one attached hydrogen (secondary N) is 1. The highest BCUT2D eigenvalue weighted by molar-refractivity contribution is 6.06. The lowest BCUT2D eigenvalue weighted by molar-refractivity contribution is 0.0696. The molecule has 0 aliphatic carbocycles. The van der Waals surface area contributed by atoms with Crippen LogP contribution in [0.4, 0.5) is 5.69 Å². The van der Waals surface area contributed by atoms with Crippen LogP contribution in [0.25, 0.3) is 10.9 Å². The lowest BCUT2D eigenvalue weighted by Gasteiger charge is -2.13. The molecule has 8 heteroatoms. The molecule has 2 heterocycles. The summed E-state index contributed by atoms with van der Waals surface area (Å²) < 4.78 is 5.78. The van der Waals surface area contributed by atoms with Crippen LogP contribution >= 0.6 is 0 Å². The van der Waals surface area contributed by atoms with Crippen LogP contribution in [0, 0.1) is 6.92 Å². The molecule has 0 radical (unpaired) electrons. The maximum absolute atomic E-state index is 11.9. The van der Waals surface area contributed by atoms with Crippen molar-refractivity contribution in [2.75, 3.05) is 18.9 Å². The van der Waals surface area contributed by atoms with Gasteiger partial charge < -0.3 is 20.9 Å². The maximum Gasteiger partial charge on any atom is 0.339 e. The van der Waals surface area contributed by atoms with E-state index in [1.165, 1.54) is 0 Å². The molecule has 2 aromatic heterocycles. The van der Waals surface area contributed by atoms with Crippen LogP contribution in [-0.2, 0) is 0 Å². The van der Waals surface area contributed by atoms with E-state index in [0.29, 0.717) is 47.6 Å². The largest absolute Gasteiger partial charge is 0.493 e. The van der Waals surface area contributed by atoms with Crippen LogP contribution in [0.1, 0.15) is 33.0 Å². The van der Waals surface area contributed by atoms with Gasteiger partial charge in [-0.15, -0.1) is 0 Å². The predicted molar refractivity (Wildman–Crippen MR) is 105 cm³/mol. The fourth-order valence-corrected chi connectivity index (χ4v) is 2.87. The Morgan fingerprint density at radius 3 is 2.75 bits per heavy atom. The number of carboxylic acid groups (broad SMARTS) is 1. The summed E-state index contributed by atoms with van der Waals surface area (Å²) in [6.45, 7) is 2.34. The van der Waals surface area contributed by atoms with E-state index in [9.17, 15) is 14.7 Å². The second-order valence-electron chi connectivity index (χ2n) is 6.11. The smallest absolute Gasteiger partial charge is 0.339 e. The summed E-state index contributed by atoms with van der Waals surface area (Å²) in [6, 6.07) is 10.4. The number of carbonyl (C=O) groups excluding carboxylic acids is 1. The molecule has 0 spiro atoms. The van der Waals surface area contributed by atoms with Crippen LogP contribution in [0.15, 0.2) is 42.6 Å². The fraction of sp³-hybridized carbons (Fsp3) is 0.200. The van der Waals surface area contributed by atoms with Crippen molar-refractivity contribution >= 4 is 28.5 Å². The summed E-state index contributed by atoms with van der Waals surface area (Å²) in [5.41, 5.74) is 7.48. The number of nitrogen functional groups attached to an aromatic ring is 1. The van der Waals surface area contributed by atoms with Gasteiger partial charge in [-0.2, -0.15) is 0 Å². The summed E-state index contributed by atoms with van der Waals surface area (Å²) in [7, 11) is 0. The third-order valence-corrected chi connectivity index (χ3v) is 4.17. The van der Waals surface area contributed by atoms with Gasteiger partial charge in [0.2, 0.25) is 0 Å². The first-order chi connectivity index (χ1) is 13.5. The van der Waals surface area contributed by atoms with Gasteiger partial charge in [-0.1, -0.05) is 12.1 Å². The lowest BCUT2D eigenvalue weighted by atomic mass is 10.1. The van der Waals surface area contributed by atoms with E-state index in [2.05, 4.69) is 15.3 Å². The summed E-state index contributed by atoms with van der Waals surface area (Å²) in [5.74, 6) is -0.918. The van der Waals surface area contributed by atoms with Gasteiger partial charge in [0.05, 0.1) is 28.9 Å². The van der Waals surface area contributed by atoms with E-state index < -0.39 is 5.97 Å². The number of carboxylic acids is 1. The molecule has 144 valence electrons. The first-order valence-corrected chi connectivity index (χ1v) is 8.73. The molecule has 0 atom stereocenters. The standard InChI is InChI=1S/C20H20N4O4/c1-12-16(20(26)27)18(21)17-13(24-12)7-4-8-15(17)28-11-5-10-23-19(25)14-6-2-3-9-22-14/h2-4,6-9H,5,10-11H2,1H3,(H2,21,24)(H,23,25)(H,26,27). The van der Waals surface area contributed by atoms with E-state index in [-0.39, 0.29) is 17.2 Å². The Hall–Kier alpha value is -3.68. The van der Waals surface area contributed by atoms with Gasteiger partial charge in [-0.3, -0.25) is 14.8 Å². The molecule has 8 nitrogen and oxygen atoms in total. The highest BCUT2D eigenvalue weighted by atomic mass is 16.5. The van der Waals surface area contributed by atoms with Crippen molar-refractivity contribution in [3.63, 3.8) is 0 Å². The van der Waals surface area contributed by atoms with Crippen LogP contribution < -0.4 is 15.8 Å². The number of pyridine rings is 2. The molecular weight excluding hydrogens is 360 g/mol. The molecule has 0 bridgehead atoms. The monoisotopic (exact) mass is 380 g/mol. The molecule has 0 unspecified atom stereocenters. The van der Waals surface area contributed by atoms with E-state index in [1.54, 1.807) is 49.5 Å². The molecular formula is C20H20N4O4. The zero-order valence-electron chi connectivity index (χ0n) is 15.3. The molecule has 1 amide bonds. The van der Waals surface area contributed by atoms with Gasteiger partial charge in [0.1, 0.15) is 17.0 Å². The molecule has 0 fully saturated rings. The van der Waals surface area contributed by atoms with Crippen LogP contribution in [0.5, 0.6) is 5.75 Å². The Labute approximate surface area is 161 Å². The Bertz CT molecular complexity index is 1020. The van der Waals surface area contributed by atoms with Crippen molar-refractivity contribution in [3.8, 4) is 5.75 Å². The third kappa shape index (κ3) is 4.01. The molecule has 1 aromatic carbocycles. The molecule has 0 aliphatic heterocycles. The van der Waals surface area contributed by atoms with Crippen LogP contribution in [0.3, 0.4) is 0 Å². The first kappa shape index (κ1) is 19.1. The lowest BCUT2D eigenvalue weighted by Crippen LogP contribution is -2.26. The van der Waals surface area contributed by atoms with Crippen molar-refractivity contribution in [1.29, 1.82) is 0 Å². The van der Waals surface area contributed by atoms with Crippen molar-refractivity contribution in [1.82, 2.24) is 15.3 Å². The van der Waals surface area contributed by atoms with Gasteiger partial charge in [0.15, 0.2) is 0 Å². The number of hydrogen-bond donors (Lipinski definition) is 3. The minimum atomic E-state index is -1.13. The number of fused-ring (bicyclic) bond motifs is 1. The zero-order chi connectivity index (χ0) is 20.1. The number of ether oxygens (including phenoxy) is 1. The average Bonchev–Trinajstić information content (AvgIpc) is 2.67. The van der Waals surface area contributed by atoms with E-state index in [4.69, 9.17) is 10.5 Å². The topological polar surface area (TPSA) is 127 Å². The summed E-state index contributed by atoms with van der Waals surface area (Å²) in [5, 5.41) is 12.6. The van der Waals surface area contributed by atoms with Gasteiger partial charge in [-0.25, -0.2) is 4.79 Å². The number of hydrogen-bond acceptors (Lipinski definition) is 6. The molecule has 3 rings (SSSR count). The van der Waals surface area contributed by atoms with Crippen LogP contribution in [-0.4, -0.2) is 40.1 Å². The summed E-state index contributed by atoms with van der Waals surface area (Å²) in [4.78, 5) is 31.7. The number of aromatic nitrogens is 2. The molecule has 0 saturated carbocycles. The molecule has 4 N–H and O–H groups in total. The number of nitrogens with two attached hydrogens (primary N) is 1. The SMILES string of the molecule is Cc1nc2cccc(OCCCNC(=O)c3ccccn3)c2c(N)c1C(=O)O. The molecule has 28 heavy (non-hydrogen) atoms. The van der Waals surface area contributed by atoms with Crippen molar-refractivity contribution in [2.24, 2.45) is 0 Å². The third-order valence-electron chi connectivity index (χ3n) is 4.17.